The van der Waals surface area contributed by atoms with Crippen LogP contribution in [0.3, 0.4) is 0 Å². The number of aromatic nitrogens is 1. The summed E-state index contributed by atoms with van der Waals surface area (Å²) in [5, 5.41) is 5.15. The van der Waals surface area contributed by atoms with E-state index < -0.39 is 0 Å². The number of nitrogens with one attached hydrogen (secondary N) is 1. The Balaban J connectivity index is 2.23. The van der Waals surface area contributed by atoms with Gasteiger partial charge in [-0.05, 0) is 31.2 Å². The van der Waals surface area contributed by atoms with Crippen molar-refractivity contribution in [3.63, 3.8) is 0 Å². The van der Waals surface area contributed by atoms with Crippen LogP contribution in [0.2, 0.25) is 0 Å². The Bertz CT molecular complexity index is 590. The van der Waals surface area contributed by atoms with Crippen molar-refractivity contribution < 1.29 is 4.79 Å². The number of nitrogens with two attached hydrogens (primary N) is 1. The van der Waals surface area contributed by atoms with Gasteiger partial charge in [0.2, 0.25) is 5.91 Å². The lowest BCUT2D eigenvalue weighted by atomic mass is 9.96. The molecule has 2 aromatic rings. The summed E-state index contributed by atoms with van der Waals surface area (Å²) < 4.78 is 0. The highest BCUT2D eigenvalue weighted by atomic mass is 16.1. The van der Waals surface area contributed by atoms with Crippen LogP contribution in [0.4, 0.5) is 0 Å². The Hall–Kier alpha value is -1.94. The van der Waals surface area contributed by atoms with Gasteiger partial charge in [0.1, 0.15) is 0 Å². The molecule has 1 atom stereocenters. The largest absolute Gasteiger partial charge is 0.354 e. The number of pyridine rings is 1. The molecule has 0 fully saturated rings. The van der Waals surface area contributed by atoms with Crippen molar-refractivity contribution in [2.24, 2.45) is 11.7 Å². The van der Waals surface area contributed by atoms with E-state index in [2.05, 4.69) is 16.4 Å². The first-order chi connectivity index (χ1) is 9.61. The van der Waals surface area contributed by atoms with Gasteiger partial charge in [-0.25, -0.2) is 0 Å². The average Bonchev–Trinajstić information content (AvgIpc) is 2.44. The van der Waals surface area contributed by atoms with Crippen LogP contribution in [0.1, 0.15) is 19.4 Å². The number of carbonyl (C=O) groups is 1. The number of nitrogens with zero attached hydrogens (tertiary/aromatic N) is 1. The highest BCUT2D eigenvalue weighted by Crippen LogP contribution is 2.20. The second-order valence-electron chi connectivity index (χ2n) is 5.32. The molecule has 0 radical (unpaired) electrons. The summed E-state index contributed by atoms with van der Waals surface area (Å²) in [6.07, 6.45) is 4.28. The van der Waals surface area contributed by atoms with Gasteiger partial charge in [-0.3, -0.25) is 9.78 Å². The van der Waals surface area contributed by atoms with Crippen molar-refractivity contribution in [3.05, 3.63) is 42.2 Å². The Kier molecular flexibility index (Phi) is 4.69. The van der Waals surface area contributed by atoms with E-state index in [9.17, 15) is 4.79 Å². The van der Waals surface area contributed by atoms with Crippen LogP contribution in [0.15, 0.2) is 36.7 Å². The van der Waals surface area contributed by atoms with E-state index >= 15 is 0 Å². The van der Waals surface area contributed by atoms with Crippen molar-refractivity contribution in [3.8, 4) is 0 Å². The fourth-order valence-electron chi connectivity index (χ4n) is 2.29. The predicted octanol–water partition coefficient (Wildman–Crippen LogP) is 1.88. The molecule has 4 nitrogen and oxygen atoms in total. The van der Waals surface area contributed by atoms with Crippen molar-refractivity contribution in [2.45, 2.75) is 26.3 Å². The molecule has 106 valence electrons. The third-order valence-corrected chi connectivity index (χ3v) is 3.30. The summed E-state index contributed by atoms with van der Waals surface area (Å²) in [5.74, 6) is -0.208. The summed E-state index contributed by atoms with van der Waals surface area (Å²) in [4.78, 5) is 16.4. The van der Waals surface area contributed by atoms with Crippen molar-refractivity contribution in [2.75, 3.05) is 6.54 Å². The number of hydrogen-bond donors (Lipinski definition) is 2. The van der Waals surface area contributed by atoms with Gasteiger partial charge in [0, 0.05) is 30.4 Å². The molecule has 1 unspecified atom stereocenters. The molecule has 0 saturated carbocycles. The van der Waals surface area contributed by atoms with E-state index in [0.29, 0.717) is 13.0 Å². The minimum absolute atomic E-state index is 0.00966. The van der Waals surface area contributed by atoms with Gasteiger partial charge in [-0.1, -0.05) is 24.3 Å². The summed E-state index contributed by atoms with van der Waals surface area (Å²) in [5.41, 5.74) is 6.83. The van der Waals surface area contributed by atoms with Gasteiger partial charge in [0.05, 0.1) is 5.92 Å². The third-order valence-electron chi connectivity index (χ3n) is 3.30. The SMILES string of the molecule is CC(C)NC(=O)C(CN)Cc1cncc2ccccc12. The van der Waals surface area contributed by atoms with Crippen LogP contribution >= 0.6 is 0 Å². The molecule has 0 aliphatic rings. The molecule has 2 rings (SSSR count). The summed E-state index contributed by atoms with van der Waals surface area (Å²) in [7, 11) is 0. The molecular formula is C16H21N3O. The number of benzene rings is 1. The van der Waals surface area contributed by atoms with Crippen molar-refractivity contribution in [1.82, 2.24) is 10.3 Å². The zero-order chi connectivity index (χ0) is 14.5. The maximum Gasteiger partial charge on any atom is 0.224 e. The molecule has 3 N–H and O–H groups in total. The Morgan fingerprint density at radius 2 is 2.05 bits per heavy atom. The van der Waals surface area contributed by atoms with Crippen LogP contribution in [0.25, 0.3) is 10.8 Å². The van der Waals surface area contributed by atoms with Gasteiger partial charge in [0.15, 0.2) is 0 Å². The zero-order valence-electron chi connectivity index (χ0n) is 12.0. The lowest BCUT2D eigenvalue weighted by molar-refractivity contribution is -0.125. The molecular weight excluding hydrogens is 250 g/mol. The zero-order valence-corrected chi connectivity index (χ0v) is 12.0. The lowest BCUT2D eigenvalue weighted by Gasteiger charge is -2.17. The topological polar surface area (TPSA) is 68.0 Å². The Labute approximate surface area is 119 Å². The first-order valence-electron chi connectivity index (χ1n) is 6.94. The number of fused-ring (bicyclic) bond motifs is 1. The molecule has 4 heteroatoms. The molecule has 1 aromatic heterocycles. The van der Waals surface area contributed by atoms with Crippen LogP contribution in [-0.2, 0) is 11.2 Å². The van der Waals surface area contributed by atoms with E-state index in [1.54, 1.807) is 0 Å². The maximum absolute atomic E-state index is 12.1. The summed E-state index contributed by atoms with van der Waals surface area (Å²) >= 11 is 0. The monoisotopic (exact) mass is 271 g/mol. The first-order valence-corrected chi connectivity index (χ1v) is 6.94. The molecule has 0 aliphatic heterocycles. The fraction of sp³-hybridized carbons (Fsp3) is 0.375. The molecule has 1 aromatic carbocycles. The number of rotatable bonds is 5. The normalized spacial score (nSPS) is 12.6. The van der Waals surface area contributed by atoms with Gasteiger partial charge in [-0.15, -0.1) is 0 Å². The number of amides is 1. The van der Waals surface area contributed by atoms with Gasteiger partial charge >= 0.3 is 0 Å². The Morgan fingerprint density at radius 1 is 1.30 bits per heavy atom. The molecule has 0 bridgehead atoms. The van der Waals surface area contributed by atoms with E-state index in [4.69, 9.17) is 5.73 Å². The number of carbonyl (C=O) groups excluding carboxylic acids is 1. The third kappa shape index (κ3) is 3.33. The summed E-state index contributed by atoms with van der Waals surface area (Å²) in [6, 6.07) is 8.19. The van der Waals surface area contributed by atoms with E-state index in [1.165, 1.54) is 0 Å². The smallest absolute Gasteiger partial charge is 0.224 e. The standard InChI is InChI=1S/C16H21N3O/c1-11(2)19-16(20)13(8-17)7-14-10-18-9-12-5-3-4-6-15(12)14/h3-6,9-11,13H,7-8,17H2,1-2H3,(H,19,20). The second-order valence-corrected chi connectivity index (χ2v) is 5.32. The van der Waals surface area contributed by atoms with Crippen LogP contribution in [-0.4, -0.2) is 23.5 Å². The lowest BCUT2D eigenvalue weighted by Crippen LogP contribution is -2.39. The van der Waals surface area contributed by atoms with Gasteiger partial charge < -0.3 is 11.1 Å². The molecule has 0 saturated heterocycles. The van der Waals surface area contributed by atoms with E-state index in [0.717, 1.165) is 16.3 Å². The average molecular weight is 271 g/mol. The van der Waals surface area contributed by atoms with Crippen molar-refractivity contribution >= 4 is 16.7 Å². The maximum atomic E-state index is 12.1. The van der Waals surface area contributed by atoms with Gasteiger partial charge in [-0.2, -0.15) is 0 Å². The second kappa shape index (κ2) is 6.48. The van der Waals surface area contributed by atoms with Gasteiger partial charge in [0.25, 0.3) is 0 Å². The Morgan fingerprint density at radius 3 is 2.75 bits per heavy atom. The predicted molar refractivity (Wildman–Crippen MR) is 81.3 cm³/mol. The summed E-state index contributed by atoms with van der Waals surface area (Å²) in [6.45, 7) is 4.23. The van der Waals surface area contributed by atoms with Crippen molar-refractivity contribution in [1.29, 1.82) is 0 Å². The molecule has 1 heterocycles. The fourth-order valence-corrected chi connectivity index (χ4v) is 2.29. The van der Waals surface area contributed by atoms with Crippen LogP contribution < -0.4 is 11.1 Å². The highest BCUT2D eigenvalue weighted by molar-refractivity contribution is 5.86. The van der Waals surface area contributed by atoms with E-state index in [1.807, 2.05) is 44.4 Å². The van der Waals surface area contributed by atoms with Crippen LogP contribution in [0, 0.1) is 5.92 Å². The molecule has 0 aliphatic carbocycles. The minimum atomic E-state index is -0.218. The molecule has 1 amide bonds. The first kappa shape index (κ1) is 14.5. The minimum Gasteiger partial charge on any atom is -0.354 e. The van der Waals surface area contributed by atoms with Crippen LogP contribution in [0.5, 0.6) is 0 Å². The van der Waals surface area contributed by atoms with E-state index in [-0.39, 0.29) is 17.9 Å². The number of hydrogen-bond acceptors (Lipinski definition) is 3. The highest BCUT2D eigenvalue weighted by Gasteiger charge is 2.19. The molecule has 20 heavy (non-hydrogen) atoms. The quantitative estimate of drug-likeness (QED) is 0.872. The molecule has 0 spiro atoms.